The van der Waals surface area contributed by atoms with E-state index in [1.54, 1.807) is 12.1 Å². The van der Waals surface area contributed by atoms with Gasteiger partial charge in [0, 0.05) is 10.7 Å². The molecule has 100 valence electrons. The Balaban J connectivity index is 2.43. The van der Waals surface area contributed by atoms with Crippen LogP contribution in [0.25, 0.3) is 0 Å². The summed E-state index contributed by atoms with van der Waals surface area (Å²) < 4.78 is 40.5. The first-order valence-electron chi connectivity index (χ1n) is 5.29. The van der Waals surface area contributed by atoms with Crippen molar-refractivity contribution in [2.75, 3.05) is 4.72 Å². The molecular formula is C12H10BrFN2O2S. The highest BCUT2D eigenvalue weighted by molar-refractivity contribution is 9.10. The Bertz CT molecular complexity index is 719. The summed E-state index contributed by atoms with van der Waals surface area (Å²) in [6, 6.07) is 7.55. The predicted octanol–water partition coefficient (Wildman–Crippen LogP) is 3.09. The Hall–Kier alpha value is -1.47. The standard InChI is InChI=1S/C12H10BrFN2O2S/c1-8-4-5-9(13)11(7-8)16-19(17,18)12-10(14)3-2-6-15-12/h2-7,16H,1H3. The number of aromatic nitrogens is 1. The van der Waals surface area contributed by atoms with Gasteiger partial charge in [0.25, 0.3) is 10.0 Å². The van der Waals surface area contributed by atoms with Gasteiger partial charge in [-0.15, -0.1) is 0 Å². The molecule has 1 heterocycles. The summed E-state index contributed by atoms with van der Waals surface area (Å²) >= 11 is 3.23. The van der Waals surface area contributed by atoms with Crippen LogP contribution in [-0.4, -0.2) is 13.4 Å². The number of sulfonamides is 1. The van der Waals surface area contributed by atoms with Crippen LogP contribution < -0.4 is 4.72 Å². The van der Waals surface area contributed by atoms with Gasteiger partial charge >= 0.3 is 0 Å². The summed E-state index contributed by atoms with van der Waals surface area (Å²) in [5, 5.41) is -0.622. The van der Waals surface area contributed by atoms with Gasteiger partial charge in [0.05, 0.1) is 5.69 Å². The molecule has 0 saturated carbocycles. The molecule has 2 rings (SSSR count). The minimum Gasteiger partial charge on any atom is -0.277 e. The fourth-order valence-electron chi connectivity index (χ4n) is 1.48. The van der Waals surface area contributed by atoms with Crippen LogP contribution in [0.15, 0.2) is 46.0 Å². The van der Waals surface area contributed by atoms with Crippen LogP contribution in [0.2, 0.25) is 0 Å². The summed E-state index contributed by atoms with van der Waals surface area (Å²) in [6.45, 7) is 1.82. The number of hydrogen-bond acceptors (Lipinski definition) is 3. The number of nitrogens with one attached hydrogen (secondary N) is 1. The second kappa shape index (κ2) is 5.26. The lowest BCUT2D eigenvalue weighted by molar-refractivity contribution is 0.557. The number of anilines is 1. The molecule has 0 spiro atoms. The first-order valence-corrected chi connectivity index (χ1v) is 7.57. The molecular weight excluding hydrogens is 335 g/mol. The van der Waals surface area contributed by atoms with E-state index in [9.17, 15) is 12.8 Å². The highest BCUT2D eigenvalue weighted by Crippen LogP contribution is 2.26. The van der Waals surface area contributed by atoms with Gasteiger partial charge in [-0.1, -0.05) is 6.07 Å². The van der Waals surface area contributed by atoms with E-state index in [0.717, 1.165) is 11.6 Å². The Morgan fingerprint density at radius 3 is 2.74 bits per heavy atom. The Morgan fingerprint density at radius 1 is 1.32 bits per heavy atom. The number of halogens is 2. The molecule has 19 heavy (non-hydrogen) atoms. The van der Waals surface area contributed by atoms with E-state index < -0.39 is 20.9 Å². The molecule has 0 amide bonds. The fraction of sp³-hybridized carbons (Fsp3) is 0.0833. The third-order valence-electron chi connectivity index (χ3n) is 2.35. The lowest BCUT2D eigenvalue weighted by Crippen LogP contribution is -2.16. The van der Waals surface area contributed by atoms with Gasteiger partial charge in [-0.05, 0) is 52.7 Å². The van der Waals surface area contributed by atoms with Gasteiger partial charge in [0.2, 0.25) is 5.03 Å². The van der Waals surface area contributed by atoms with Crippen molar-refractivity contribution in [3.05, 3.63) is 52.4 Å². The fourth-order valence-corrected chi connectivity index (χ4v) is 3.04. The molecule has 0 saturated heterocycles. The van der Waals surface area contributed by atoms with E-state index in [2.05, 4.69) is 25.6 Å². The zero-order valence-corrected chi connectivity index (χ0v) is 12.3. The quantitative estimate of drug-likeness (QED) is 0.930. The zero-order valence-electron chi connectivity index (χ0n) is 9.89. The number of pyridine rings is 1. The van der Waals surface area contributed by atoms with Gasteiger partial charge in [-0.2, -0.15) is 8.42 Å². The Labute approximate surface area is 118 Å². The van der Waals surface area contributed by atoms with E-state index in [-0.39, 0.29) is 0 Å². The summed E-state index contributed by atoms with van der Waals surface area (Å²) in [4.78, 5) is 3.56. The van der Waals surface area contributed by atoms with Crippen molar-refractivity contribution in [3.63, 3.8) is 0 Å². The van der Waals surface area contributed by atoms with Gasteiger partial charge in [0.1, 0.15) is 0 Å². The van der Waals surface area contributed by atoms with Crippen molar-refractivity contribution >= 4 is 31.6 Å². The first kappa shape index (κ1) is 14.0. The van der Waals surface area contributed by atoms with Crippen molar-refractivity contribution in [1.29, 1.82) is 0 Å². The summed E-state index contributed by atoms with van der Waals surface area (Å²) in [6.07, 6.45) is 1.23. The van der Waals surface area contributed by atoms with Crippen molar-refractivity contribution in [3.8, 4) is 0 Å². The molecule has 0 atom stereocenters. The van der Waals surface area contributed by atoms with Crippen LogP contribution in [0.3, 0.4) is 0 Å². The van der Waals surface area contributed by atoms with Gasteiger partial charge in [-0.3, -0.25) is 4.72 Å². The maximum Gasteiger partial charge on any atom is 0.282 e. The molecule has 0 aliphatic carbocycles. The molecule has 0 aliphatic rings. The molecule has 0 radical (unpaired) electrons. The van der Waals surface area contributed by atoms with Crippen molar-refractivity contribution in [2.45, 2.75) is 11.9 Å². The van der Waals surface area contributed by atoms with E-state index in [0.29, 0.717) is 10.2 Å². The molecule has 7 heteroatoms. The van der Waals surface area contributed by atoms with Crippen molar-refractivity contribution < 1.29 is 12.8 Å². The van der Waals surface area contributed by atoms with Crippen LogP contribution in [0.5, 0.6) is 0 Å². The summed E-state index contributed by atoms with van der Waals surface area (Å²) in [5.41, 5.74) is 1.22. The second-order valence-corrected chi connectivity index (χ2v) is 6.33. The number of benzene rings is 1. The SMILES string of the molecule is Cc1ccc(Br)c(NS(=O)(=O)c2ncccc2F)c1. The molecule has 0 fully saturated rings. The number of hydrogen-bond donors (Lipinski definition) is 1. The monoisotopic (exact) mass is 344 g/mol. The third-order valence-corrected chi connectivity index (χ3v) is 4.34. The largest absolute Gasteiger partial charge is 0.282 e. The van der Waals surface area contributed by atoms with Gasteiger partial charge in [-0.25, -0.2) is 9.37 Å². The van der Waals surface area contributed by atoms with Crippen LogP contribution in [0.4, 0.5) is 10.1 Å². The number of nitrogens with zero attached hydrogens (tertiary/aromatic N) is 1. The highest BCUT2D eigenvalue weighted by atomic mass is 79.9. The Morgan fingerprint density at radius 2 is 2.05 bits per heavy atom. The number of aryl methyl sites for hydroxylation is 1. The lowest BCUT2D eigenvalue weighted by atomic mass is 10.2. The molecule has 1 N–H and O–H groups in total. The van der Waals surface area contributed by atoms with Gasteiger partial charge in [0.15, 0.2) is 5.82 Å². The van der Waals surface area contributed by atoms with E-state index in [1.165, 1.54) is 12.3 Å². The molecule has 2 aromatic rings. The topological polar surface area (TPSA) is 59.1 Å². The van der Waals surface area contributed by atoms with Crippen LogP contribution in [0.1, 0.15) is 5.56 Å². The molecule has 1 aromatic carbocycles. The van der Waals surface area contributed by atoms with Crippen molar-refractivity contribution in [1.82, 2.24) is 4.98 Å². The average Bonchev–Trinajstić information content (AvgIpc) is 2.34. The number of rotatable bonds is 3. The van der Waals surface area contributed by atoms with E-state index >= 15 is 0 Å². The second-order valence-electron chi connectivity index (χ2n) is 3.88. The summed E-state index contributed by atoms with van der Waals surface area (Å²) in [7, 11) is -4.05. The van der Waals surface area contributed by atoms with Crippen LogP contribution >= 0.6 is 15.9 Å². The summed E-state index contributed by atoms with van der Waals surface area (Å²) in [5.74, 6) is -0.890. The lowest BCUT2D eigenvalue weighted by Gasteiger charge is -2.10. The minimum atomic E-state index is -4.05. The van der Waals surface area contributed by atoms with Crippen LogP contribution in [0, 0.1) is 12.7 Å². The molecule has 0 aliphatic heterocycles. The highest BCUT2D eigenvalue weighted by Gasteiger charge is 2.21. The third kappa shape index (κ3) is 3.10. The molecule has 1 aromatic heterocycles. The van der Waals surface area contributed by atoms with E-state index in [1.807, 2.05) is 13.0 Å². The minimum absolute atomic E-state index is 0.338. The maximum absolute atomic E-state index is 13.5. The molecule has 0 unspecified atom stereocenters. The predicted molar refractivity (Wildman–Crippen MR) is 73.9 cm³/mol. The molecule has 4 nitrogen and oxygen atoms in total. The normalized spacial score (nSPS) is 11.3. The van der Waals surface area contributed by atoms with Gasteiger partial charge < -0.3 is 0 Å². The smallest absolute Gasteiger partial charge is 0.277 e. The zero-order chi connectivity index (χ0) is 14.0. The van der Waals surface area contributed by atoms with Crippen LogP contribution in [-0.2, 0) is 10.0 Å². The Kier molecular flexibility index (Phi) is 3.86. The van der Waals surface area contributed by atoms with E-state index in [4.69, 9.17) is 0 Å². The average molecular weight is 345 g/mol. The first-order chi connectivity index (χ1) is 8.90. The molecule has 0 bridgehead atoms. The maximum atomic E-state index is 13.5. The van der Waals surface area contributed by atoms with Crippen molar-refractivity contribution in [2.24, 2.45) is 0 Å².